The fraction of sp³-hybridized carbons (Fsp3) is 0.0526. The standard InChI is InChI=1S/C19H14N6O/c26-19-17-13(9-22-19)18(12-10-23-25-8-4-2-5-15(12)25)21-11-14(17)24-16-6-1-3-7-20-16/h1-8,10-11H,9H2,(H,20,24)(H,22,26). The normalized spacial score (nSPS) is 12.8. The van der Waals surface area contributed by atoms with E-state index in [4.69, 9.17) is 0 Å². The Morgan fingerprint density at radius 3 is 2.88 bits per heavy atom. The summed E-state index contributed by atoms with van der Waals surface area (Å²) < 4.78 is 1.80. The minimum Gasteiger partial charge on any atom is -0.348 e. The molecule has 7 heteroatoms. The molecular weight excluding hydrogens is 328 g/mol. The van der Waals surface area contributed by atoms with E-state index in [1.807, 2.05) is 42.6 Å². The highest BCUT2D eigenvalue weighted by Gasteiger charge is 2.28. The molecule has 1 amide bonds. The molecule has 5 rings (SSSR count). The second kappa shape index (κ2) is 5.66. The van der Waals surface area contributed by atoms with Gasteiger partial charge in [-0.3, -0.25) is 9.78 Å². The topological polar surface area (TPSA) is 84.2 Å². The number of carbonyl (C=O) groups excluding carboxylic acids is 1. The molecule has 0 aliphatic carbocycles. The first-order valence-electron chi connectivity index (χ1n) is 8.22. The minimum atomic E-state index is -0.112. The summed E-state index contributed by atoms with van der Waals surface area (Å²) in [5, 5.41) is 10.5. The van der Waals surface area contributed by atoms with E-state index in [1.54, 1.807) is 23.1 Å². The summed E-state index contributed by atoms with van der Waals surface area (Å²) in [4.78, 5) is 21.3. The van der Waals surface area contributed by atoms with Crippen molar-refractivity contribution in [2.24, 2.45) is 0 Å². The summed E-state index contributed by atoms with van der Waals surface area (Å²) in [6.45, 7) is 0.443. The van der Waals surface area contributed by atoms with Crippen LogP contribution in [0, 0.1) is 0 Å². The summed E-state index contributed by atoms with van der Waals surface area (Å²) in [7, 11) is 0. The second-order valence-electron chi connectivity index (χ2n) is 5.99. The number of amides is 1. The van der Waals surface area contributed by atoms with E-state index in [2.05, 4.69) is 25.7 Å². The Kier molecular flexibility index (Phi) is 3.18. The fourth-order valence-electron chi connectivity index (χ4n) is 3.26. The maximum absolute atomic E-state index is 12.4. The van der Waals surface area contributed by atoms with Gasteiger partial charge >= 0.3 is 0 Å². The number of anilines is 2. The maximum Gasteiger partial charge on any atom is 0.254 e. The Hall–Kier alpha value is -3.74. The van der Waals surface area contributed by atoms with Crippen LogP contribution in [0.5, 0.6) is 0 Å². The first-order chi connectivity index (χ1) is 12.8. The number of aromatic nitrogens is 4. The van der Waals surface area contributed by atoms with E-state index < -0.39 is 0 Å². The van der Waals surface area contributed by atoms with Gasteiger partial charge in [-0.2, -0.15) is 5.10 Å². The molecule has 0 radical (unpaired) electrons. The van der Waals surface area contributed by atoms with Crippen LogP contribution >= 0.6 is 0 Å². The lowest BCUT2D eigenvalue weighted by Gasteiger charge is -2.11. The molecular formula is C19H14N6O. The summed E-state index contributed by atoms with van der Waals surface area (Å²) in [5.41, 5.74) is 4.75. The van der Waals surface area contributed by atoms with Crippen LogP contribution in [0.1, 0.15) is 15.9 Å². The summed E-state index contributed by atoms with van der Waals surface area (Å²) in [5.74, 6) is 0.554. The Morgan fingerprint density at radius 2 is 2.00 bits per heavy atom. The third kappa shape index (κ3) is 2.21. The van der Waals surface area contributed by atoms with Crippen LogP contribution in [-0.4, -0.2) is 25.5 Å². The van der Waals surface area contributed by atoms with Crippen LogP contribution in [0.4, 0.5) is 11.5 Å². The fourth-order valence-corrected chi connectivity index (χ4v) is 3.26. The average molecular weight is 342 g/mol. The zero-order valence-electron chi connectivity index (χ0n) is 13.7. The zero-order valence-corrected chi connectivity index (χ0v) is 13.7. The van der Waals surface area contributed by atoms with Crippen molar-refractivity contribution in [2.75, 3.05) is 5.32 Å². The van der Waals surface area contributed by atoms with Gasteiger partial charge in [0.2, 0.25) is 0 Å². The van der Waals surface area contributed by atoms with E-state index in [0.717, 1.165) is 22.3 Å². The van der Waals surface area contributed by atoms with Gasteiger partial charge in [0.05, 0.1) is 34.9 Å². The highest BCUT2D eigenvalue weighted by Crippen LogP contribution is 2.34. The molecule has 5 heterocycles. The summed E-state index contributed by atoms with van der Waals surface area (Å²) in [6.07, 6.45) is 7.05. The van der Waals surface area contributed by atoms with Crippen LogP contribution in [0.3, 0.4) is 0 Å². The number of nitrogens with zero attached hydrogens (tertiary/aromatic N) is 4. The largest absolute Gasteiger partial charge is 0.348 e. The van der Waals surface area contributed by atoms with Crippen LogP contribution in [0.2, 0.25) is 0 Å². The van der Waals surface area contributed by atoms with Crippen LogP contribution in [0.15, 0.2) is 61.2 Å². The van der Waals surface area contributed by atoms with Crippen molar-refractivity contribution in [3.8, 4) is 11.3 Å². The molecule has 0 spiro atoms. The van der Waals surface area contributed by atoms with Gasteiger partial charge in [-0.25, -0.2) is 9.50 Å². The van der Waals surface area contributed by atoms with Crippen molar-refractivity contribution in [3.63, 3.8) is 0 Å². The monoisotopic (exact) mass is 342 g/mol. The Labute approximate surface area is 148 Å². The number of nitrogens with one attached hydrogen (secondary N) is 2. The zero-order chi connectivity index (χ0) is 17.5. The maximum atomic E-state index is 12.4. The van der Waals surface area contributed by atoms with Gasteiger partial charge in [0.1, 0.15) is 5.82 Å². The smallest absolute Gasteiger partial charge is 0.254 e. The average Bonchev–Trinajstić information content (AvgIpc) is 3.28. The summed E-state index contributed by atoms with van der Waals surface area (Å²) in [6, 6.07) is 11.4. The number of hydrogen-bond acceptors (Lipinski definition) is 5. The predicted octanol–water partition coefficient (Wildman–Crippen LogP) is 2.78. The second-order valence-corrected chi connectivity index (χ2v) is 5.99. The number of fused-ring (bicyclic) bond motifs is 2. The molecule has 0 atom stereocenters. The van der Waals surface area contributed by atoms with E-state index >= 15 is 0 Å². The van der Waals surface area contributed by atoms with Crippen molar-refractivity contribution in [1.82, 2.24) is 24.9 Å². The first kappa shape index (κ1) is 14.6. The molecule has 1 aliphatic heterocycles. The third-order valence-electron chi connectivity index (χ3n) is 4.44. The Bertz CT molecular complexity index is 1140. The molecule has 0 aromatic carbocycles. The first-order valence-corrected chi connectivity index (χ1v) is 8.22. The van der Waals surface area contributed by atoms with Gasteiger partial charge in [0.15, 0.2) is 0 Å². The van der Waals surface area contributed by atoms with Gasteiger partial charge < -0.3 is 10.6 Å². The molecule has 4 aromatic rings. The van der Waals surface area contributed by atoms with Gasteiger partial charge in [0.25, 0.3) is 5.91 Å². The highest BCUT2D eigenvalue weighted by molar-refractivity contribution is 6.05. The lowest BCUT2D eigenvalue weighted by atomic mass is 10.0. The molecule has 126 valence electrons. The molecule has 0 saturated heterocycles. The van der Waals surface area contributed by atoms with Crippen molar-refractivity contribution >= 4 is 22.9 Å². The van der Waals surface area contributed by atoms with Crippen LogP contribution in [-0.2, 0) is 6.54 Å². The molecule has 2 N–H and O–H groups in total. The number of hydrogen-bond donors (Lipinski definition) is 2. The quantitative estimate of drug-likeness (QED) is 0.598. The summed E-state index contributed by atoms with van der Waals surface area (Å²) >= 11 is 0. The van der Waals surface area contributed by atoms with Crippen LogP contribution in [0.25, 0.3) is 16.8 Å². The van der Waals surface area contributed by atoms with Gasteiger partial charge in [0, 0.05) is 30.1 Å². The minimum absolute atomic E-state index is 0.112. The van der Waals surface area contributed by atoms with Crippen molar-refractivity contribution < 1.29 is 4.79 Å². The number of pyridine rings is 3. The highest BCUT2D eigenvalue weighted by atomic mass is 16.1. The van der Waals surface area contributed by atoms with Gasteiger partial charge in [-0.05, 0) is 24.3 Å². The SMILES string of the molecule is O=C1NCc2c(-c3cnn4ccccc34)ncc(Nc3ccccn3)c21. The Morgan fingerprint density at radius 1 is 1.08 bits per heavy atom. The van der Waals surface area contributed by atoms with E-state index in [1.165, 1.54) is 0 Å². The number of rotatable bonds is 3. The molecule has 7 nitrogen and oxygen atoms in total. The van der Waals surface area contributed by atoms with Crippen molar-refractivity contribution in [1.29, 1.82) is 0 Å². The molecule has 0 bridgehead atoms. The molecule has 4 aromatic heterocycles. The molecule has 0 saturated carbocycles. The van der Waals surface area contributed by atoms with Gasteiger partial charge in [-0.15, -0.1) is 0 Å². The lowest BCUT2D eigenvalue weighted by molar-refractivity contribution is 0.0966. The molecule has 26 heavy (non-hydrogen) atoms. The molecule has 0 unspecified atom stereocenters. The van der Waals surface area contributed by atoms with Crippen LogP contribution < -0.4 is 10.6 Å². The van der Waals surface area contributed by atoms with Crippen molar-refractivity contribution in [2.45, 2.75) is 6.54 Å². The Balaban J connectivity index is 1.66. The third-order valence-corrected chi connectivity index (χ3v) is 4.44. The predicted molar refractivity (Wildman–Crippen MR) is 97.1 cm³/mol. The molecule has 0 fully saturated rings. The van der Waals surface area contributed by atoms with E-state index in [9.17, 15) is 4.79 Å². The van der Waals surface area contributed by atoms with E-state index in [0.29, 0.717) is 23.6 Å². The van der Waals surface area contributed by atoms with Crippen molar-refractivity contribution in [3.05, 3.63) is 72.3 Å². The lowest BCUT2D eigenvalue weighted by Crippen LogP contribution is -2.13. The van der Waals surface area contributed by atoms with Gasteiger partial charge in [-0.1, -0.05) is 12.1 Å². The number of carbonyl (C=O) groups is 1. The van der Waals surface area contributed by atoms with E-state index in [-0.39, 0.29) is 5.91 Å². The molecule has 1 aliphatic rings.